The van der Waals surface area contributed by atoms with Crippen LogP contribution in [0.25, 0.3) is 10.7 Å². The summed E-state index contributed by atoms with van der Waals surface area (Å²) in [6.45, 7) is 4.58. The summed E-state index contributed by atoms with van der Waals surface area (Å²) in [5, 5.41) is 7.62. The lowest BCUT2D eigenvalue weighted by molar-refractivity contribution is 0.0997. The Morgan fingerprint density at radius 3 is 2.61 bits per heavy atom. The van der Waals surface area contributed by atoms with Crippen LogP contribution in [-0.4, -0.2) is 25.8 Å². The number of thiazole rings is 1. The van der Waals surface area contributed by atoms with E-state index in [-0.39, 0.29) is 5.69 Å². The van der Waals surface area contributed by atoms with Crippen molar-refractivity contribution in [2.24, 2.45) is 5.73 Å². The number of carbonyl (C=O) groups is 1. The first-order valence-electron chi connectivity index (χ1n) is 9.60. The van der Waals surface area contributed by atoms with E-state index in [1.54, 1.807) is 24.7 Å². The number of aromatic nitrogens is 4. The molecule has 0 saturated heterocycles. The number of carbonyl (C=O) groups excluding carboxylic acids is 1. The lowest BCUT2D eigenvalue weighted by Crippen LogP contribution is -2.14. The predicted octanol–water partition coefficient (Wildman–Crippen LogP) is 4.07. The van der Waals surface area contributed by atoms with Gasteiger partial charge >= 0.3 is 0 Å². The van der Waals surface area contributed by atoms with E-state index < -0.39 is 5.91 Å². The molecule has 156 valence electrons. The molecule has 3 heterocycles. The third-order valence-electron chi connectivity index (χ3n) is 4.39. The van der Waals surface area contributed by atoms with Crippen LogP contribution in [0.15, 0.2) is 55.0 Å². The highest BCUT2D eigenvalue weighted by atomic mass is 32.1. The molecule has 1 aromatic carbocycles. The topological polar surface area (TPSA) is 119 Å². The zero-order valence-corrected chi connectivity index (χ0v) is 17.9. The van der Waals surface area contributed by atoms with Crippen LogP contribution in [0.4, 0.5) is 16.6 Å². The number of nitrogens with one attached hydrogen (secondary N) is 2. The van der Waals surface area contributed by atoms with Crippen LogP contribution in [0.2, 0.25) is 0 Å². The van der Waals surface area contributed by atoms with E-state index in [1.807, 2.05) is 38.1 Å². The van der Waals surface area contributed by atoms with Gasteiger partial charge in [-0.1, -0.05) is 23.5 Å². The van der Waals surface area contributed by atoms with Gasteiger partial charge in [-0.25, -0.2) is 15.0 Å². The lowest BCUT2D eigenvalue weighted by atomic mass is 10.1. The smallest absolute Gasteiger partial charge is 0.270 e. The van der Waals surface area contributed by atoms with Crippen molar-refractivity contribution in [2.45, 2.75) is 20.4 Å². The molecule has 4 rings (SSSR count). The summed E-state index contributed by atoms with van der Waals surface area (Å²) in [5.74, 6) is -0.151. The Hall–Kier alpha value is -3.85. The van der Waals surface area contributed by atoms with E-state index in [0.29, 0.717) is 28.2 Å². The zero-order chi connectivity index (χ0) is 21.8. The number of amides is 1. The molecule has 0 radical (unpaired) electrons. The number of hydrogen-bond acceptors (Lipinski definition) is 8. The minimum absolute atomic E-state index is 0.186. The maximum atomic E-state index is 11.9. The van der Waals surface area contributed by atoms with Crippen molar-refractivity contribution in [3.8, 4) is 10.7 Å². The molecule has 0 spiro atoms. The Morgan fingerprint density at radius 1 is 1.10 bits per heavy atom. The monoisotopic (exact) mass is 431 g/mol. The first-order valence-corrected chi connectivity index (χ1v) is 10.4. The van der Waals surface area contributed by atoms with Crippen molar-refractivity contribution in [1.29, 1.82) is 0 Å². The Labute approximate surface area is 183 Å². The van der Waals surface area contributed by atoms with Crippen LogP contribution in [0.5, 0.6) is 0 Å². The Morgan fingerprint density at radius 2 is 1.90 bits per heavy atom. The second-order valence-electron chi connectivity index (χ2n) is 7.04. The van der Waals surface area contributed by atoms with Gasteiger partial charge in [0, 0.05) is 30.8 Å². The molecule has 0 aliphatic rings. The number of benzene rings is 1. The van der Waals surface area contributed by atoms with E-state index in [9.17, 15) is 4.79 Å². The molecular weight excluding hydrogens is 410 g/mol. The van der Waals surface area contributed by atoms with E-state index in [0.717, 1.165) is 22.4 Å². The molecule has 1 amide bonds. The summed E-state index contributed by atoms with van der Waals surface area (Å²) in [4.78, 5) is 29.3. The molecule has 3 aromatic heterocycles. The molecule has 9 heteroatoms. The van der Waals surface area contributed by atoms with Crippen molar-refractivity contribution in [2.75, 3.05) is 10.6 Å². The van der Waals surface area contributed by atoms with Crippen LogP contribution in [-0.2, 0) is 6.54 Å². The van der Waals surface area contributed by atoms with Crippen LogP contribution < -0.4 is 16.4 Å². The highest BCUT2D eigenvalue weighted by Crippen LogP contribution is 2.32. The molecule has 0 fully saturated rings. The van der Waals surface area contributed by atoms with Crippen molar-refractivity contribution in [3.05, 3.63) is 77.4 Å². The fraction of sp³-hybridized carbons (Fsp3) is 0.136. The Bertz CT molecular complexity index is 1200. The van der Waals surface area contributed by atoms with Crippen molar-refractivity contribution >= 4 is 33.9 Å². The number of hydrogen-bond donors (Lipinski definition) is 3. The summed E-state index contributed by atoms with van der Waals surface area (Å²) in [6.07, 6.45) is 5.12. The fourth-order valence-corrected chi connectivity index (χ4v) is 4.05. The van der Waals surface area contributed by atoms with Crippen LogP contribution in [0.3, 0.4) is 0 Å². The van der Waals surface area contributed by atoms with Gasteiger partial charge in [0.05, 0.1) is 0 Å². The highest BCUT2D eigenvalue weighted by molar-refractivity contribution is 7.19. The molecule has 4 N–H and O–H groups in total. The average molecular weight is 432 g/mol. The Balaban J connectivity index is 1.59. The molecule has 0 atom stereocenters. The van der Waals surface area contributed by atoms with Crippen molar-refractivity contribution in [1.82, 2.24) is 19.9 Å². The fourth-order valence-electron chi connectivity index (χ4n) is 3.12. The lowest BCUT2D eigenvalue weighted by Gasteiger charge is -2.07. The molecule has 0 bridgehead atoms. The second-order valence-corrected chi connectivity index (χ2v) is 8.04. The Kier molecular flexibility index (Phi) is 5.85. The number of pyridine rings is 1. The van der Waals surface area contributed by atoms with Crippen molar-refractivity contribution in [3.63, 3.8) is 0 Å². The van der Waals surface area contributed by atoms with Gasteiger partial charge in [0.15, 0.2) is 5.69 Å². The number of primary amides is 1. The van der Waals surface area contributed by atoms with Gasteiger partial charge in [-0.15, -0.1) is 0 Å². The van der Waals surface area contributed by atoms with Gasteiger partial charge in [0.2, 0.25) is 5.95 Å². The van der Waals surface area contributed by atoms with Gasteiger partial charge < -0.3 is 16.4 Å². The summed E-state index contributed by atoms with van der Waals surface area (Å²) >= 11 is 1.32. The van der Waals surface area contributed by atoms with Gasteiger partial charge in [0.25, 0.3) is 5.91 Å². The van der Waals surface area contributed by atoms with E-state index >= 15 is 0 Å². The summed E-state index contributed by atoms with van der Waals surface area (Å²) in [5.41, 5.74) is 10.5. The maximum Gasteiger partial charge on any atom is 0.270 e. The summed E-state index contributed by atoms with van der Waals surface area (Å²) in [7, 11) is 0. The highest BCUT2D eigenvalue weighted by Gasteiger charge is 2.18. The summed E-state index contributed by atoms with van der Waals surface area (Å²) in [6, 6.07) is 11.7. The largest absolute Gasteiger partial charge is 0.371 e. The number of rotatable bonds is 7. The molecule has 4 aromatic rings. The average Bonchev–Trinajstić information content (AvgIpc) is 3.17. The van der Waals surface area contributed by atoms with E-state index in [4.69, 9.17) is 5.73 Å². The first kappa shape index (κ1) is 20.4. The van der Waals surface area contributed by atoms with Crippen LogP contribution in [0.1, 0.15) is 27.2 Å². The second kappa shape index (κ2) is 8.88. The quantitative estimate of drug-likeness (QED) is 0.404. The predicted molar refractivity (Wildman–Crippen MR) is 122 cm³/mol. The third-order valence-corrected chi connectivity index (χ3v) is 5.42. The number of aryl methyl sites for hydroxylation is 2. The maximum absolute atomic E-state index is 11.9. The molecule has 0 saturated carbocycles. The number of nitrogens with two attached hydrogens (primary N) is 1. The van der Waals surface area contributed by atoms with Crippen molar-refractivity contribution < 1.29 is 4.79 Å². The zero-order valence-electron chi connectivity index (χ0n) is 17.1. The van der Waals surface area contributed by atoms with Crippen LogP contribution in [0, 0.1) is 13.8 Å². The van der Waals surface area contributed by atoms with E-state index in [1.165, 1.54) is 11.3 Å². The van der Waals surface area contributed by atoms with E-state index in [2.05, 4.69) is 36.6 Å². The van der Waals surface area contributed by atoms with Gasteiger partial charge in [-0.2, -0.15) is 0 Å². The van der Waals surface area contributed by atoms with Gasteiger partial charge in [-0.05, 0) is 54.8 Å². The molecule has 8 nitrogen and oxygen atoms in total. The third kappa shape index (κ3) is 5.01. The molecule has 31 heavy (non-hydrogen) atoms. The molecular formula is C22H21N7OS. The van der Waals surface area contributed by atoms with Gasteiger partial charge in [-0.3, -0.25) is 9.78 Å². The number of nitrogens with zero attached hydrogens (tertiary/aromatic N) is 4. The number of anilines is 3. The summed E-state index contributed by atoms with van der Waals surface area (Å²) < 4.78 is 0. The SMILES string of the molecule is Cc1cc(C)cc(Nc2nccc(-c3nc(C(N)=O)c(NCc4cccnc4)s3)n2)c1. The standard InChI is InChI=1S/C22H21N7OS/c1-13-8-14(2)10-16(9-13)27-22-25-7-5-17(28-22)20-29-18(19(23)30)21(31-20)26-12-15-4-3-6-24-11-15/h3-11,26H,12H2,1-2H3,(H2,23,30)(H,25,27,28). The minimum atomic E-state index is -0.598. The molecule has 0 aliphatic carbocycles. The van der Waals surface area contributed by atoms with Crippen LogP contribution >= 0.6 is 11.3 Å². The molecule has 0 unspecified atom stereocenters. The minimum Gasteiger partial charge on any atom is -0.371 e. The normalized spacial score (nSPS) is 10.6. The first-order chi connectivity index (χ1) is 15.0. The molecule has 0 aliphatic heterocycles. The van der Waals surface area contributed by atoms with Gasteiger partial charge in [0.1, 0.15) is 15.7 Å².